The summed E-state index contributed by atoms with van der Waals surface area (Å²) in [6.45, 7) is 2.46. The first-order valence-electron chi connectivity index (χ1n) is 5.57. The van der Waals surface area contributed by atoms with Crippen LogP contribution in [0.15, 0.2) is 24.7 Å². The van der Waals surface area contributed by atoms with Crippen LogP contribution in [0.5, 0.6) is 0 Å². The first kappa shape index (κ1) is 12.4. The lowest BCUT2D eigenvalue weighted by molar-refractivity contribution is 0.112. The monoisotopic (exact) mass is 246 g/mol. The SMILES string of the molecule is COCC(C)c1nn(-c2ncccn2)cc1C=O. The van der Waals surface area contributed by atoms with Gasteiger partial charge in [-0.2, -0.15) is 5.10 Å². The third-order valence-electron chi connectivity index (χ3n) is 2.54. The van der Waals surface area contributed by atoms with Gasteiger partial charge in [0.15, 0.2) is 6.29 Å². The second-order valence-electron chi connectivity index (χ2n) is 3.94. The Hall–Kier alpha value is -2.08. The molecule has 0 saturated carbocycles. The van der Waals surface area contributed by atoms with Gasteiger partial charge in [0.1, 0.15) is 0 Å². The topological polar surface area (TPSA) is 69.9 Å². The number of hydrogen-bond acceptors (Lipinski definition) is 5. The van der Waals surface area contributed by atoms with Crippen molar-refractivity contribution in [2.24, 2.45) is 0 Å². The van der Waals surface area contributed by atoms with E-state index in [9.17, 15) is 4.79 Å². The minimum atomic E-state index is 0.0418. The van der Waals surface area contributed by atoms with Gasteiger partial charge >= 0.3 is 0 Å². The number of carbonyl (C=O) groups is 1. The van der Waals surface area contributed by atoms with Crippen LogP contribution in [0.3, 0.4) is 0 Å². The number of methoxy groups -OCH3 is 1. The number of rotatable bonds is 5. The zero-order valence-electron chi connectivity index (χ0n) is 10.3. The quantitative estimate of drug-likeness (QED) is 0.742. The summed E-state index contributed by atoms with van der Waals surface area (Å²) >= 11 is 0. The summed E-state index contributed by atoms with van der Waals surface area (Å²) in [5.74, 6) is 0.483. The van der Waals surface area contributed by atoms with Crippen LogP contribution in [0.1, 0.15) is 28.9 Å². The number of ether oxygens (including phenoxy) is 1. The van der Waals surface area contributed by atoms with Crippen LogP contribution in [0.4, 0.5) is 0 Å². The molecule has 0 radical (unpaired) electrons. The molecule has 0 aliphatic carbocycles. The number of aldehydes is 1. The van der Waals surface area contributed by atoms with E-state index < -0.39 is 0 Å². The average Bonchev–Trinajstić information content (AvgIpc) is 2.84. The molecule has 2 aromatic heterocycles. The maximum Gasteiger partial charge on any atom is 0.250 e. The van der Waals surface area contributed by atoms with Crippen molar-refractivity contribution < 1.29 is 9.53 Å². The smallest absolute Gasteiger partial charge is 0.250 e. The zero-order valence-corrected chi connectivity index (χ0v) is 10.3. The van der Waals surface area contributed by atoms with Gasteiger partial charge in [-0.05, 0) is 6.07 Å². The molecule has 0 N–H and O–H groups in total. The molecule has 0 aromatic carbocycles. The Bertz CT molecular complexity index is 524. The van der Waals surface area contributed by atoms with Crippen LogP contribution in [0, 0.1) is 0 Å². The molecule has 94 valence electrons. The first-order valence-corrected chi connectivity index (χ1v) is 5.57. The molecule has 1 unspecified atom stereocenters. The van der Waals surface area contributed by atoms with E-state index in [1.165, 1.54) is 4.68 Å². The lowest BCUT2D eigenvalue weighted by Crippen LogP contribution is -2.06. The molecular formula is C12H14N4O2. The van der Waals surface area contributed by atoms with E-state index in [0.717, 1.165) is 6.29 Å². The van der Waals surface area contributed by atoms with Gasteiger partial charge in [0.2, 0.25) is 5.95 Å². The maximum atomic E-state index is 11.0. The van der Waals surface area contributed by atoms with E-state index in [1.807, 2.05) is 6.92 Å². The van der Waals surface area contributed by atoms with Crippen LogP contribution in [0.2, 0.25) is 0 Å². The van der Waals surface area contributed by atoms with Gasteiger partial charge in [0.25, 0.3) is 0 Å². The second-order valence-corrected chi connectivity index (χ2v) is 3.94. The van der Waals surface area contributed by atoms with Crippen molar-refractivity contribution in [3.05, 3.63) is 35.9 Å². The van der Waals surface area contributed by atoms with Gasteiger partial charge < -0.3 is 4.74 Å². The molecule has 6 nitrogen and oxygen atoms in total. The van der Waals surface area contributed by atoms with Crippen molar-refractivity contribution in [1.82, 2.24) is 19.7 Å². The Morgan fingerprint density at radius 2 is 2.17 bits per heavy atom. The molecule has 0 bridgehead atoms. The lowest BCUT2D eigenvalue weighted by atomic mass is 10.1. The molecule has 0 fully saturated rings. The molecule has 0 amide bonds. The largest absolute Gasteiger partial charge is 0.384 e. The highest BCUT2D eigenvalue weighted by molar-refractivity contribution is 5.76. The van der Waals surface area contributed by atoms with Crippen LogP contribution in [-0.2, 0) is 4.74 Å². The molecule has 2 aromatic rings. The molecule has 0 aliphatic rings. The van der Waals surface area contributed by atoms with Gasteiger partial charge in [0.05, 0.1) is 17.9 Å². The van der Waals surface area contributed by atoms with Crippen molar-refractivity contribution in [1.29, 1.82) is 0 Å². The van der Waals surface area contributed by atoms with Gasteiger partial charge in [0, 0.05) is 31.6 Å². The van der Waals surface area contributed by atoms with Gasteiger partial charge in [-0.3, -0.25) is 4.79 Å². The minimum absolute atomic E-state index is 0.0418. The van der Waals surface area contributed by atoms with Gasteiger partial charge in [-0.1, -0.05) is 6.92 Å². The number of carbonyl (C=O) groups excluding carboxylic acids is 1. The summed E-state index contributed by atoms with van der Waals surface area (Å²) in [5.41, 5.74) is 1.23. The zero-order chi connectivity index (χ0) is 13.0. The number of aromatic nitrogens is 4. The van der Waals surface area contributed by atoms with Crippen LogP contribution >= 0.6 is 0 Å². The predicted octanol–water partition coefficient (Wildman–Crippen LogP) is 1.22. The Balaban J connectivity index is 2.38. The molecule has 6 heteroatoms. The molecule has 0 spiro atoms. The van der Waals surface area contributed by atoms with Crippen LogP contribution < -0.4 is 0 Å². The normalized spacial score (nSPS) is 12.3. The Kier molecular flexibility index (Phi) is 3.78. The number of nitrogens with zero attached hydrogens (tertiary/aromatic N) is 4. The summed E-state index contributed by atoms with van der Waals surface area (Å²) in [6, 6.07) is 1.72. The highest BCUT2D eigenvalue weighted by Gasteiger charge is 2.16. The third kappa shape index (κ3) is 2.43. The predicted molar refractivity (Wildman–Crippen MR) is 64.8 cm³/mol. The Morgan fingerprint density at radius 1 is 1.44 bits per heavy atom. The van der Waals surface area contributed by atoms with E-state index in [4.69, 9.17) is 4.74 Å². The lowest BCUT2D eigenvalue weighted by Gasteiger charge is -2.07. The van der Waals surface area contributed by atoms with Crippen molar-refractivity contribution in [3.63, 3.8) is 0 Å². The first-order chi connectivity index (χ1) is 8.76. The average molecular weight is 246 g/mol. The molecule has 2 heterocycles. The van der Waals surface area contributed by atoms with E-state index >= 15 is 0 Å². The van der Waals surface area contributed by atoms with Gasteiger partial charge in [-0.15, -0.1) is 0 Å². The van der Waals surface area contributed by atoms with E-state index in [2.05, 4.69) is 15.1 Å². The van der Waals surface area contributed by atoms with E-state index in [1.54, 1.807) is 31.8 Å². The summed E-state index contributed by atoms with van der Waals surface area (Å²) in [4.78, 5) is 19.2. The van der Waals surface area contributed by atoms with Crippen molar-refractivity contribution in [3.8, 4) is 5.95 Å². The van der Waals surface area contributed by atoms with Gasteiger partial charge in [-0.25, -0.2) is 14.6 Å². The van der Waals surface area contributed by atoms with Crippen molar-refractivity contribution in [2.75, 3.05) is 13.7 Å². The van der Waals surface area contributed by atoms with E-state index in [0.29, 0.717) is 23.8 Å². The second kappa shape index (κ2) is 5.50. The fourth-order valence-electron chi connectivity index (χ4n) is 1.72. The highest BCUT2D eigenvalue weighted by atomic mass is 16.5. The molecule has 2 rings (SSSR count). The Morgan fingerprint density at radius 3 is 2.78 bits per heavy atom. The third-order valence-corrected chi connectivity index (χ3v) is 2.54. The molecule has 1 atom stereocenters. The minimum Gasteiger partial charge on any atom is -0.384 e. The number of hydrogen-bond donors (Lipinski definition) is 0. The standard InChI is InChI=1S/C12H14N4O2/c1-9(8-18-2)11-10(7-17)6-16(15-11)12-13-4-3-5-14-12/h3-7,9H,8H2,1-2H3. The summed E-state index contributed by atoms with van der Waals surface area (Å²) in [7, 11) is 1.62. The van der Waals surface area contributed by atoms with Crippen LogP contribution in [0.25, 0.3) is 5.95 Å². The maximum absolute atomic E-state index is 11.0. The molecule has 18 heavy (non-hydrogen) atoms. The molecule has 0 aliphatic heterocycles. The fourth-order valence-corrected chi connectivity index (χ4v) is 1.72. The Labute approximate surface area is 105 Å². The summed E-state index contributed by atoms with van der Waals surface area (Å²) in [6.07, 6.45) is 5.67. The molecular weight excluding hydrogens is 232 g/mol. The fraction of sp³-hybridized carbons (Fsp3) is 0.333. The van der Waals surface area contributed by atoms with E-state index in [-0.39, 0.29) is 5.92 Å². The molecule has 0 saturated heterocycles. The summed E-state index contributed by atoms with van der Waals surface area (Å²) < 4.78 is 6.58. The van der Waals surface area contributed by atoms with Crippen LogP contribution in [-0.4, -0.2) is 39.8 Å². The summed E-state index contributed by atoms with van der Waals surface area (Å²) in [5, 5.41) is 4.35. The highest BCUT2D eigenvalue weighted by Crippen LogP contribution is 2.18. The van der Waals surface area contributed by atoms with Crippen molar-refractivity contribution >= 4 is 6.29 Å². The van der Waals surface area contributed by atoms with Crippen molar-refractivity contribution in [2.45, 2.75) is 12.8 Å².